The van der Waals surface area contributed by atoms with E-state index in [1.54, 1.807) is 40.3 Å². The Morgan fingerprint density at radius 2 is 1.83 bits per heavy atom. The molecule has 42 heavy (non-hydrogen) atoms. The summed E-state index contributed by atoms with van der Waals surface area (Å²) in [4.78, 5) is 24.4. The maximum absolute atomic E-state index is 14.4. The van der Waals surface area contributed by atoms with Crippen LogP contribution in [0.3, 0.4) is 0 Å². The van der Waals surface area contributed by atoms with E-state index in [-0.39, 0.29) is 23.2 Å². The fourth-order valence-electron chi connectivity index (χ4n) is 5.26. The van der Waals surface area contributed by atoms with Gasteiger partial charge in [-0.25, -0.2) is 9.37 Å². The van der Waals surface area contributed by atoms with Crippen LogP contribution in [0, 0.1) is 5.82 Å². The van der Waals surface area contributed by atoms with Gasteiger partial charge in [-0.2, -0.15) is 4.98 Å². The molecule has 10 heteroatoms. The highest BCUT2D eigenvalue weighted by atomic mass is 32.1. The van der Waals surface area contributed by atoms with Crippen molar-refractivity contribution in [3.63, 3.8) is 0 Å². The third kappa shape index (κ3) is 5.73. The van der Waals surface area contributed by atoms with E-state index in [4.69, 9.17) is 14.5 Å². The highest BCUT2D eigenvalue weighted by Crippen LogP contribution is 2.44. The molecule has 2 aliphatic rings. The third-order valence-corrected chi connectivity index (χ3v) is 8.73. The largest absolute Gasteiger partial charge is 0.490 e. The van der Waals surface area contributed by atoms with E-state index < -0.39 is 5.82 Å². The number of benzene rings is 2. The van der Waals surface area contributed by atoms with Gasteiger partial charge in [0.05, 0.1) is 6.54 Å². The van der Waals surface area contributed by atoms with E-state index in [0.29, 0.717) is 29.4 Å². The first-order valence-corrected chi connectivity index (χ1v) is 15.1. The summed E-state index contributed by atoms with van der Waals surface area (Å²) < 4.78 is 27.9. The normalized spacial score (nSPS) is 15.5. The number of para-hydroxylation sites is 1. The van der Waals surface area contributed by atoms with Crippen molar-refractivity contribution in [3.05, 3.63) is 98.9 Å². The molecular weight excluding hydrogens is 553 g/mol. The van der Waals surface area contributed by atoms with Gasteiger partial charge in [-0.1, -0.05) is 12.1 Å². The average molecular weight is 584 g/mol. The van der Waals surface area contributed by atoms with Gasteiger partial charge in [0.1, 0.15) is 17.5 Å². The van der Waals surface area contributed by atoms with Crippen LogP contribution in [0.1, 0.15) is 42.0 Å². The first-order valence-electron chi connectivity index (χ1n) is 14.2. The van der Waals surface area contributed by atoms with Crippen molar-refractivity contribution in [2.75, 3.05) is 18.4 Å². The number of pyridine rings is 1. The van der Waals surface area contributed by atoms with Gasteiger partial charge in [0.2, 0.25) is 5.95 Å². The molecule has 8 nitrogen and oxygen atoms in total. The molecule has 2 fully saturated rings. The molecule has 0 radical (unpaired) electrons. The van der Waals surface area contributed by atoms with Crippen LogP contribution in [-0.2, 0) is 6.54 Å². The van der Waals surface area contributed by atoms with E-state index in [1.807, 2.05) is 24.3 Å². The number of piperidine rings is 1. The van der Waals surface area contributed by atoms with Crippen molar-refractivity contribution in [2.45, 2.75) is 44.2 Å². The molecule has 0 bridgehead atoms. The topological polar surface area (TPSA) is 90.3 Å². The van der Waals surface area contributed by atoms with Crippen LogP contribution >= 0.6 is 11.3 Å². The SMILES string of the molecule is O=c1c(Oc2ccccc2F)cc2cnc(Nc3ccc(OC4CCNCC4)cc3)nc2n1Cc1ccsc1C1CC1. The Morgan fingerprint density at radius 1 is 1.02 bits per heavy atom. The van der Waals surface area contributed by atoms with Crippen LogP contribution < -0.4 is 25.7 Å². The van der Waals surface area contributed by atoms with Crippen LogP contribution in [0.4, 0.5) is 16.0 Å². The van der Waals surface area contributed by atoms with Crippen LogP contribution in [0.25, 0.3) is 11.0 Å². The lowest BCUT2D eigenvalue weighted by Gasteiger charge is -2.23. The zero-order chi connectivity index (χ0) is 28.5. The number of nitrogens with one attached hydrogen (secondary N) is 2. The number of anilines is 2. The van der Waals surface area contributed by atoms with E-state index in [0.717, 1.165) is 55.8 Å². The summed E-state index contributed by atoms with van der Waals surface area (Å²) in [6.07, 6.45) is 6.19. The molecule has 3 aromatic heterocycles. The average Bonchev–Trinajstić information content (AvgIpc) is 3.75. The number of thiophene rings is 1. The summed E-state index contributed by atoms with van der Waals surface area (Å²) in [6, 6.07) is 17.4. The number of halogens is 1. The lowest BCUT2D eigenvalue weighted by Crippen LogP contribution is -2.34. The summed E-state index contributed by atoms with van der Waals surface area (Å²) in [5.74, 6) is 1.20. The van der Waals surface area contributed by atoms with Crippen LogP contribution in [0.15, 0.2) is 77.0 Å². The van der Waals surface area contributed by atoms with Gasteiger partial charge >= 0.3 is 0 Å². The van der Waals surface area contributed by atoms with Gasteiger partial charge in [0, 0.05) is 22.1 Å². The Kier molecular flexibility index (Phi) is 7.31. The minimum absolute atomic E-state index is 0.0125. The van der Waals surface area contributed by atoms with Gasteiger partial charge in [0.15, 0.2) is 17.3 Å². The second-order valence-corrected chi connectivity index (χ2v) is 11.7. The molecule has 2 aromatic carbocycles. The van der Waals surface area contributed by atoms with Gasteiger partial charge in [0.25, 0.3) is 5.56 Å². The Bertz CT molecular complexity index is 1780. The van der Waals surface area contributed by atoms with Gasteiger partial charge in [-0.05, 0) is 104 Å². The molecule has 0 unspecified atom stereocenters. The first-order chi connectivity index (χ1) is 20.6. The predicted molar refractivity (Wildman–Crippen MR) is 162 cm³/mol. The molecular formula is C32H30FN5O3S. The molecule has 0 spiro atoms. The van der Waals surface area contributed by atoms with Crippen molar-refractivity contribution >= 4 is 34.0 Å². The number of nitrogens with zero attached hydrogens (tertiary/aromatic N) is 3. The highest BCUT2D eigenvalue weighted by molar-refractivity contribution is 7.10. The fourth-order valence-corrected chi connectivity index (χ4v) is 6.35. The smallest absolute Gasteiger partial charge is 0.295 e. The molecule has 1 aliphatic carbocycles. The van der Waals surface area contributed by atoms with E-state index >= 15 is 0 Å². The number of hydrogen-bond acceptors (Lipinski definition) is 8. The molecule has 214 valence electrons. The van der Waals surface area contributed by atoms with Crippen molar-refractivity contribution in [1.29, 1.82) is 0 Å². The Balaban J connectivity index is 1.21. The van der Waals surface area contributed by atoms with Crippen molar-refractivity contribution in [2.24, 2.45) is 0 Å². The van der Waals surface area contributed by atoms with Crippen molar-refractivity contribution < 1.29 is 13.9 Å². The maximum Gasteiger partial charge on any atom is 0.295 e. The minimum atomic E-state index is -0.541. The molecule has 1 saturated heterocycles. The molecule has 0 atom stereocenters. The standard InChI is InChI=1S/C32H30FN5O3S/c33-26-3-1-2-4-27(26)41-28-17-22-18-35-32(36-23-7-9-24(10-8-23)40-25-11-14-34-15-12-25)37-30(22)38(31(28)39)19-21-13-16-42-29(21)20-5-6-20/h1-4,7-10,13,16-18,20,25,34H,5-6,11-12,14-15,19H2,(H,35,36,37). The van der Waals surface area contributed by atoms with Crippen molar-refractivity contribution in [3.8, 4) is 17.2 Å². The van der Waals surface area contributed by atoms with Gasteiger partial charge in [-0.15, -0.1) is 11.3 Å². The second kappa shape index (κ2) is 11.5. The molecule has 4 heterocycles. The Hall–Kier alpha value is -4.28. The predicted octanol–water partition coefficient (Wildman–Crippen LogP) is 6.58. The molecule has 5 aromatic rings. The zero-order valence-corrected chi connectivity index (χ0v) is 23.7. The Morgan fingerprint density at radius 3 is 2.62 bits per heavy atom. The van der Waals surface area contributed by atoms with E-state index in [2.05, 4.69) is 27.1 Å². The minimum Gasteiger partial charge on any atom is -0.490 e. The van der Waals surface area contributed by atoms with Crippen molar-refractivity contribution in [1.82, 2.24) is 19.9 Å². The fraction of sp³-hybridized carbons (Fsp3) is 0.281. The van der Waals surface area contributed by atoms with Gasteiger partial charge in [-0.3, -0.25) is 9.36 Å². The Labute approximate surface area is 246 Å². The molecule has 2 N–H and O–H groups in total. The van der Waals surface area contributed by atoms with E-state index in [9.17, 15) is 9.18 Å². The molecule has 1 saturated carbocycles. The summed E-state index contributed by atoms with van der Waals surface area (Å²) in [7, 11) is 0. The lowest BCUT2D eigenvalue weighted by atomic mass is 10.1. The van der Waals surface area contributed by atoms with Crippen LogP contribution in [0.2, 0.25) is 0 Å². The number of ether oxygens (including phenoxy) is 2. The summed E-state index contributed by atoms with van der Waals surface area (Å²) in [5.41, 5.74) is 1.97. The number of aromatic nitrogens is 3. The monoisotopic (exact) mass is 583 g/mol. The number of rotatable bonds is 9. The van der Waals surface area contributed by atoms with Crippen LogP contribution in [-0.4, -0.2) is 33.7 Å². The van der Waals surface area contributed by atoms with E-state index in [1.165, 1.54) is 17.0 Å². The first kappa shape index (κ1) is 26.6. The highest BCUT2D eigenvalue weighted by Gasteiger charge is 2.28. The summed E-state index contributed by atoms with van der Waals surface area (Å²) in [5, 5.41) is 9.28. The van der Waals surface area contributed by atoms with Gasteiger partial charge < -0.3 is 20.1 Å². The summed E-state index contributed by atoms with van der Waals surface area (Å²) in [6.45, 7) is 2.28. The number of hydrogen-bond donors (Lipinski definition) is 2. The molecule has 7 rings (SSSR count). The second-order valence-electron chi connectivity index (χ2n) is 10.7. The lowest BCUT2D eigenvalue weighted by molar-refractivity contribution is 0.162. The number of fused-ring (bicyclic) bond motifs is 1. The zero-order valence-electron chi connectivity index (χ0n) is 22.9. The maximum atomic E-state index is 14.4. The third-order valence-electron chi connectivity index (χ3n) is 7.61. The quantitative estimate of drug-likeness (QED) is 0.202. The molecule has 0 amide bonds. The summed E-state index contributed by atoms with van der Waals surface area (Å²) >= 11 is 1.72. The van der Waals surface area contributed by atoms with Crippen LogP contribution in [0.5, 0.6) is 17.2 Å². The molecule has 1 aliphatic heterocycles.